The molecule has 102 valence electrons. The fourth-order valence-corrected chi connectivity index (χ4v) is 2.52. The molecule has 0 amide bonds. The average Bonchev–Trinajstić information content (AvgIpc) is 2.39. The van der Waals surface area contributed by atoms with E-state index in [0.29, 0.717) is 5.41 Å². The van der Waals surface area contributed by atoms with Crippen molar-refractivity contribution in [2.75, 3.05) is 32.7 Å². The Morgan fingerprint density at radius 3 is 2.65 bits per heavy atom. The molecular weight excluding hydrogens is 208 g/mol. The van der Waals surface area contributed by atoms with Crippen molar-refractivity contribution in [3.8, 4) is 0 Å². The summed E-state index contributed by atoms with van der Waals surface area (Å²) in [6.07, 6.45) is 5.45. The minimum atomic E-state index is 0.574. The Morgan fingerprint density at radius 1 is 1.18 bits per heavy atom. The summed E-state index contributed by atoms with van der Waals surface area (Å²) < 4.78 is 0. The molecule has 0 bridgehead atoms. The van der Waals surface area contributed by atoms with Gasteiger partial charge in [-0.1, -0.05) is 27.7 Å². The van der Waals surface area contributed by atoms with Gasteiger partial charge in [-0.05, 0) is 69.7 Å². The minimum Gasteiger partial charge on any atom is -0.316 e. The Kier molecular flexibility index (Phi) is 6.50. The molecule has 1 fully saturated rings. The maximum atomic E-state index is 3.53. The Bertz CT molecular complexity index is 199. The second kappa shape index (κ2) is 7.38. The molecule has 1 aliphatic rings. The topological polar surface area (TPSA) is 15.3 Å². The normalized spacial score (nSPS) is 21.7. The molecule has 0 aromatic carbocycles. The Hall–Kier alpha value is -0.0800. The molecule has 1 N–H and O–H groups in total. The largest absolute Gasteiger partial charge is 0.316 e. The molecule has 0 aromatic heterocycles. The van der Waals surface area contributed by atoms with Crippen LogP contribution in [0.5, 0.6) is 0 Å². The first kappa shape index (κ1) is 15.0. The Balaban J connectivity index is 2.07. The number of rotatable bonds is 6. The van der Waals surface area contributed by atoms with Gasteiger partial charge in [-0.15, -0.1) is 0 Å². The van der Waals surface area contributed by atoms with Gasteiger partial charge in [0.25, 0.3) is 0 Å². The molecule has 0 aromatic rings. The summed E-state index contributed by atoms with van der Waals surface area (Å²) in [6, 6.07) is 0. The zero-order chi connectivity index (χ0) is 12.7. The van der Waals surface area contributed by atoms with Crippen molar-refractivity contribution in [3.63, 3.8) is 0 Å². The van der Waals surface area contributed by atoms with E-state index in [9.17, 15) is 0 Å². The number of hydrogen-bond acceptors (Lipinski definition) is 2. The van der Waals surface area contributed by atoms with E-state index >= 15 is 0 Å². The second-order valence-corrected chi connectivity index (χ2v) is 6.81. The van der Waals surface area contributed by atoms with Gasteiger partial charge in [-0.2, -0.15) is 0 Å². The predicted molar refractivity (Wildman–Crippen MR) is 76.4 cm³/mol. The molecule has 0 unspecified atom stereocenters. The van der Waals surface area contributed by atoms with Crippen LogP contribution in [-0.4, -0.2) is 37.6 Å². The highest BCUT2D eigenvalue weighted by Gasteiger charge is 2.22. The fourth-order valence-electron chi connectivity index (χ4n) is 2.52. The van der Waals surface area contributed by atoms with Crippen LogP contribution in [0.15, 0.2) is 0 Å². The molecule has 1 rings (SSSR count). The molecular formula is C15H32N2. The van der Waals surface area contributed by atoms with Gasteiger partial charge in [0.2, 0.25) is 0 Å². The summed E-state index contributed by atoms with van der Waals surface area (Å²) in [5, 5.41) is 3.53. The first-order valence-electron chi connectivity index (χ1n) is 7.43. The molecule has 0 radical (unpaired) electrons. The monoisotopic (exact) mass is 240 g/mol. The second-order valence-electron chi connectivity index (χ2n) is 6.81. The van der Waals surface area contributed by atoms with E-state index in [1.807, 2.05) is 0 Å². The van der Waals surface area contributed by atoms with Crippen molar-refractivity contribution in [2.24, 2.45) is 11.3 Å². The van der Waals surface area contributed by atoms with Crippen LogP contribution in [0.2, 0.25) is 0 Å². The Morgan fingerprint density at radius 2 is 1.94 bits per heavy atom. The molecule has 0 spiro atoms. The van der Waals surface area contributed by atoms with Crippen molar-refractivity contribution in [2.45, 2.75) is 53.4 Å². The van der Waals surface area contributed by atoms with E-state index in [1.54, 1.807) is 0 Å². The van der Waals surface area contributed by atoms with Gasteiger partial charge in [-0.25, -0.2) is 0 Å². The molecule has 1 aliphatic heterocycles. The number of likely N-dealkylation sites (tertiary alicyclic amines) is 1. The molecule has 1 heterocycles. The van der Waals surface area contributed by atoms with E-state index in [4.69, 9.17) is 0 Å². The van der Waals surface area contributed by atoms with Crippen LogP contribution in [-0.2, 0) is 0 Å². The minimum absolute atomic E-state index is 0.574. The molecule has 0 atom stereocenters. The fraction of sp³-hybridized carbons (Fsp3) is 1.00. The summed E-state index contributed by atoms with van der Waals surface area (Å²) in [6.45, 7) is 15.6. The van der Waals surface area contributed by atoms with Crippen LogP contribution in [0.4, 0.5) is 0 Å². The van der Waals surface area contributed by atoms with Gasteiger partial charge in [0.15, 0.2) is 0 Å². The van der Waals surface area contributed by atoms with Gasteiger partial charge >= 0.3 is 0 Å². The maximum Gasteiger partial charge on any atom is -0.000664 e. The standard InChI is InChI=1S/C15H32N2/c1-14(2)13-16-9-6-11-17-10-5-7-15(3,4)8-12-17/h14,16H,5-13H2,1-4H3. The molecule has 0 saturated carbocycles. The van der Waals surface area contributed by atoms with Crippen LogP contribution < -0.4 is 5.32 Å². The van der Waals surface area contributed by atoms with Crippen molar-refractivity contribution < 1.29 is 0 Å². The van der Waals surface area contributed by atoms with Gasteiger partial charge in [0.05, 0.1) is 0 Å². The molecule has 2 heteroatoms. The van der Waals surface area contributed by atoms with Gasteiger partial charge in [-0.3, -0.25) is 0 Å². The lowest BCUT2D eigenvalue weighted by molar-refractivity contribution is 0.258. The number of nitrogens with zero attached hydrogens (tertiary/aromatic N) is 1. The first-order chi connectivity index (χ1) is 7.99. The van der Waals surface area contributed by atoms with Crippen LogP contribution in [0.25, 0.3) is 0 Å². The van der Waals surface area contributed by atoms with Crippen LogP contribution in [0.3, 0.4) is 0 Å². The van der Waals surface area contributed by atoms with E-state index < -0.39 is 0 Å². The zero-order valence-electron chi connectivity index (χ0n) is 12.4. The predicted octanol–water partition coefficient (Wildman–Crippen LogP) is 3.13. The summed E-state index contributed by atoms with van der Waals surface area (Å²) >= 11 is 0. The third-order valence-electron chi connectivity index (χ3n) is 3.81. The lowest BCUT2D eigenvalue weighted by Gasteiger charge is -2.23. The van der Waals surface area contributed by atoms with E-state index in [2.05, 4.69) is 37.9 Å². The van der Waals surface area contributed by atoms with Gasteiger partial charge in [0, 0.05) is 0 Å². The van der Waals surface area contributed by atoms with Gasteiger partial charge in [0.1, 0.15) is 0 Å². The summed E-state index contributed by atoms with van der Waals surface area (Å²) in [5.74, 6) is 0.772. The lowest BCUT2D eigenvalue weighted by Crippen LogP contribution is -2.29. The highest BCUT2D eigenvalue weighted by atomic mass is 15.1. The van der Waals surface area contributed by atoms with Gasteiger partial charge < -0.3 is 10.2 Å². The Labute approximate surface area is 108 Å². The smallest absolute Gasteiger partial charge is 0.000664 e. The van der Waals surface area contributed by atoms with Crippen LogP contribution in [0, 0.1) is 11.3 Å². The number of hydrogen-bond donors (Lipinski definition) is 1. The molecule has 2 nitrogen and oxygen atoms in total. The third kappa shape index (κ3) is 7.05. The first-order valence-corrected chi connectivity index (χ1v) is 7.43. The van der Waals surface area contributed by atoms with E-state index in [0.717, 1.165) is 12.5 Å². The summed E-state index contributed by atoms with van der Waals surface area (Å²) in [4.78, 5) is 2.66. The number of nitrogens with one attached hydrogen (secondary N) is 1. The molecule has 1 saturated heterocycles. The van der Waals surface area contributed by atoms with E-state index in [1.165, 1.54) is 51.9 Å². The molecule has 0 aliphatic carbocycles. The van der Waals surface area contributed by atoms with Crippen molar-refractivity contribution in [3.05, 3.63) is 0 Å². The SMILES string of the molecule is CC(C)CNCCCN1CCCC(C)(C)CC1. The third-order valence-corrected chi connectivity index (χ3v) is 3.81. The van der Waals surface area contributed by atoms with E-state index in [-0.39, 0.29) is 0 Å². The average molecular weight is 240 g/mol. The summed E-state index contributed by atoms with van der Waals surface area (Å²) in [5.41, 5.74) is 0.574. The van der Waals surface area contributed by atoms with Crippen LogP contribution in [0.1, 0.15) is 53.4 Å². The molecule has 17 heavy (non-hydrogen) atoms. The van der Waals surface area contributed by atoms with Crippen molar-refractivity contribution in [1.82, 2.24) is 10.2 Å². The van der Waals surface area contributed by atoms with Crippen molar-refractivity contribution in [1.29, 1.82) is 0 Å². The highest BCUT2D eigenvalue weighted by Crippen LogP contribution is 2.29. The van der Waals surface area contributed by atoms with Crippen LogP contribution >= 0.6 is 0 Å². The maximum absolute atomic E-state index is 3.53. The van der Waals surface area contributed by atoms with Crippen molar-refractivity contribution >= 4 is 0 Å². The lowest BCUT2D eigenvalue weighted by atomic mass is 9.85. The zero-order valence-corrected chi connectivity index (χ0v) is 12.4. The highest BCUT2D eigenvalue weighted by molar-refractivity contribution is 4.76. The quantitative estimate of drug-likeness (QED) is 0.718. The summed E-state index contributed by atoms with van der Waals surface area (Å²) in [7, 11) is 0.